The number of nitrogen functional groups attached to an aromatic ring is 1. The summed E-state index contributed by atoms with van der Waals surface area (Å²) >= 11 is 11.0. The molecule has 3 nitrogen and oxygen atoms in total. The van der Waals surface area contributed by atoms with Crippen LogP contribution in [0.1, 0.15) is 23.4 Å². The quantitative estimate of drug-likeness (QED) is 0.852. The van der Waals surface area contributed by atoms with Gasteiger partial charge in [0.25, 0.3) is 0 Å². The van der Waals surface area contributed by atoms with Crippen molar-refractivity contribution < 1.29 is 0 Å². The Morgan fingerprint density at radius 1 is 1.50 bits per heavy atom. The fourth-order valence-corrected chi connectivity index (χ4v) is 3.04. The van der Waals surface area contributed by atoms with Gasteiger partial charge in [-0.1, -0.05) is 11.6 Å². The summed E-state index contributed by atoms with van der Waals surface area (Å²) in [5.41, 5.74) is 7.47. The zero-order chi connectivity index (χ0) is 13.3. The summed E-state index contributed by atoms with van der Waals surface area (Å²) in [5.74, 6) is 0.790. The normalized spacial score (nSPS) is 12.4. The maximum absolute atomic E-state index is 5.93. The first kappa shape index (κ1) is 13.6. The second-order valence-corrected chi connectivity index (χ2v) is 6.55. The molecule has 0 aliphatic carbocycles. The van der Waals surface area contributed by atoms with Gasteiger partial charge in [-0.25, -0.2) is 4.98 Å². The first-order valence-corrected chi connectivity index (χ1v) is 7.40. The van der Waals surface area contributed by atoms with Crippen molar-refractivity contribution in [3.63, 3.8) is 0 Å². The van der Waals surface area contributed by atoms with Crippen LogP contribution in [0.3, 0.4) is 0 Å². The Morgan fingerprint density at radius 3 is 2.83 bits per heavy atom. The first-order chi connectivity index (χ1) is 8.49. The molecule has 18 heavy (non-hydrogen) atoms. The molecule has 0 saturated heterocycles. The highest BCUT2D eigenvalue weighted by Gasteiger charge is 2.12. The minimum atomic E-state index is 0.148. The van der Waals surface area contributed by atoms with Crippen molar-refractivity contribution in [2.24, 2.45) is 0 Å². The largest absolute Gasteiger partial charge is 0.397 e. The third kappa shape index (κ3) is 2.79. The molecule has 0 bridgehead atoms. The smallest absolute Gasteiger partial charge is 0.141 e. The molecule has 0 saturated carbocycles. The maximum atomic E-state index is 5.93. The predicted octanol–water partition coefficient (Wildman–Crippen LogP) is 4.62. The topological polar surface area (TPSA) is 50.9 Å². The van der Waals surface area contributed by atoms with Gasteiger partial charge in [-0.05, 0) is 47.5 Å². The number of aromatic nitrogens is 1. The number of nitrogens with one attached hydrogen (secondary N) is 1. The SMILES string of the molecule is Cc1c(N)cnc(NC(C)c2ccc(Cl)s2)c1Br. The fourth-order valence-electron chi connectivity index (χ4n) is 1.53. The molecule has 1 atom stereocenters. The highest BCUT2D eigenvalue weighted by molar-refractivity contribution is 9.10. The molecule has 0 aliphatic rings. The molecule has 6 heteroatoms. The molecule has 1 unspecified atom stereocenters. The molecule has 3 N–H and O–H groups in total. The number of nitrogens with two attached hydrogens (primary N) is 1. The third-order valence-electron chi connectivity index (χ3n) is 2.68. The standard InChI is InChI=1S/C12H13BrClN3S/c1-6-8(15)5-16-12(11(6)13)17-7(2)9-3-4-10(14)18-9/h3-5,7H,15H2,1-2H3,(H,16,17). The van der Waals surface area contributed by atoms with Gasteiger partial charge in [-0.15, -0.1) is 11.3 Å². The monoisotopic (exact) mass is 345 g/mol. The van der Waals surface area contributed by atoms with Crippen molar-refractivity contribution in [2.75, 3.05) is 11.1 Å². The number of halogens is 2. The third-order valence-corrected chi connectivity index (χ3v) is 5.06. The van der Waals surface area contributed by atoms with Crippen LogP contribution in [0.4, 0.5) is 11.5 Å². The lowest BCUT2D eigenvalue weighted by Gasteiger charge is -2.15. The summed E-state index contributed by atoms with van der Waals surface area (Å²) in [6, 6.07) is 4.06. The average molecular weight is 347 g/mol. The Bertz CT molecular complexity index is 570. The number of pyridine rings is 1. The van der Waals surface area contributed by atoms with Gasteiger partial charge in [0.1, 0.15) is 5.82 Å². The number of thiophene rings is 1. The van der Waals surface area contributed by atoms with E-state index in [4.69, 9.17) is 17.3 Å². The zero-order valence-electron chi connectivity index (χ0n) is 10.00. The second kappa shape index (κ2) is 5.47. The summed E-state index contributed by atoms with van der Waals surface area (Å²) in [6.45, 7) is 4.03. The lowest BCUT2D eigenvalue weighted by atomic mass is 10.2. The summed E-state index contributed by atoms with van der Waals surface area (Å²) < 4.78 is 1.69. The van der Waals surface area contributed by atoms with Crippen LogP contribution in [-0.2, 0) is 0 Å². The highest BCUT2D eigenvalue weighted by atomic mass is 79.9. The Morgan fingerprint density at radius 2 is 2.22 bits per heavy atom. The fraction of sp³-hybridized carbons (Fsp3) is 0.250. The van der Waals surface area contributed by atoms with Gasteiger partial charge < -0.3 is 11.1 Å². The van der Waals surface area contributed by atoms with Crippen LogP contribution in [0.2, 0.25) is 4.34 Å². The van der Waals surface area contributed by atoms with Crippen molar-refractivity contribution in [3.05, 3.63) is 37.6 Å². The molecule has 0 radical (unpaired) electrons. The molecule has 0 aliphatic heterocycles. The lowest BCUT2D eigenvalue weighted by Crippen LogP contribution is -2.08. The van der Waals surface area contributed by atoms with Gasteiger partial charge in [0, 0.05) is 4.88 Å². The van der Waals surface area contributed by atoms with Crippen LogP contribution in [0, 0.1) is 6.92 Å². The van der Waals surface area contributed by atoms with Crippen molar-refractivity contribution >= 4 is 50.4 Å². The van der Waals surface area contributed by atoms with E-state index in [0.29, 0.717) is 5.69 Å². The second-order valence-electron chi connectivity index (χ2n) is 4.01. The molecule has 2 aromatic heterocycles. The Hall–Kier alpha value is -0.780. The maximum Gasteiger partial charge on any atom is 0.141 e. The van der Waals surface area contributed by atoms with Gasteiger partial charge in [-0.2, -0.15) is 0 Å². The molecule has 0 spiro atoms. The summed E-state index contributed by atoms with van der Waals surface area (Å²) in [5, 5.41) is 3.35. The molecule has 2 heterocycles. The Labute approximate surface area is 124 Å². The summed E-state index contributed by atoms with van der Waals surface area (Å²) in [6.07, 6.45) is 1.66. The van der Waals surface area contributed by atoms with Crippen molar-refractivity contribution in [1.29, 1.82) is 0 Å². The molecule has 0 fully saturated rings. The van der Waals surface area contributed by atoms with E-state index >= 15 is 0 Å². The Balaban J connectivity index is 2.22. The molecule has 2 rings (SSSR count). The van der Waals surface area contributed by atoms with E-state index in [0.717, 1.165) is 20.2 Å². The summed E-state index contributed by atoms with van der Waals surface area (Å²) in [4.78, 5) is 5.47. The number of hydrogen-bond donors (Lipinski definition) is 2. The van der Waals surface area contributed by atoms with Crippen LogP contribution in [-0.4, -0.2) is 4.98 Å². The van der Waals surface area contributed by atoms with Crippen molar-refractivity contribution in [1.82, 2.24) is 4.98 Å². The minimum Gasteiger partial charge on any atom is -0.397 e. The summed E-state index contributed by atoms with van der Waals surface area (Å²) in [7, 11) is 0. The highest BCUT2D eigenvalue weighted by Crippen LogP contribution is 2.32. The van der Waals surface area contributed by atoms with Crippen LogP contribution < -0.4 is 11.1 Å². The van der Waals surface area contributed by atoms with E-state index in [1.165, 1.54) is 4.88 Å². The van der Waals surface area contributed by atoms with E-state index in [1.807, 2.05) is 19.1 Å². The lowest BCUT2D eigenvalue weighted by molar-refractivity contribution is 0.894. The van der Waals surface area contributed by atoms with Crippen molar-refractivity contribution in [2.45, 2.75) is 19.9 Å². The van der Waals surface area contributed by atoms with E-state index in [-0.39, 0.29) is 6.04 Å². The van der Waals surface area contributed by atoms with Crippen LogP contribution in [0.5, 0.6) is 0 Å². The van der Waals surface area contributed by atoms with Gasteiger partial charge in [0.2, 0.25) is 0 Å². The average Bonchev–Trinajstić information content (AvgIpc) is 2.77. The Kier molecular flexibility index (Phi) is 4.14. The number of nitrogens with zero attached hydrogens (tertiary/aromatic N) is 1. The van der Waals surface area contributed by atoms with Crippen LogP contribution in [0.15, 0.2) is 22.8 Å². The van der Waals surface area contributed by atoms with Gasteiger partial charge in [-0.3, -0.25) is 0 Å². The van der Waals surface area contributed by atoms with Crippen molar-refractivity contribution in [3.8, 4) is 0 Å². The van der Waals surface area contributed by atoms with E-state index in [1.54, 1.807) is 17.5 Å². The van der Waals surface area contributed by atoms with E-state index in [2.05, 4.69) is 33.2 Å². The van der Waals surface area contributed by atoms with E-state index < -0.39 is 0 Å². The van der Waals surface area contributed by atoms with Gasteiger partial charge in [0.15, 0.2) is 0 Å². The zero-order valence-corrected chi connectivity index (χ0v) is 13.2. The van der Waals surface area contributed by atoms with Gasteiger partial charge >= 0.3 is 0 Å². The predicted molar refractivity (Wildman–Crippen MR) is 82.5 cm³/mol. The molecular weight excluding hydrogens is 334 g/mol. The van der Waals surface area contributed by atoms with Crippen LogP contribution in [0.25, 0.3) is 0 Å². The van der Waals surface area contributed by atoms with Crippen LogP contribution >= 0.6 is 38.9 Å². The number of hydrogen-bond acceptors (Lipinski definition) is 4. The van der Waals surface area contributed by atoms with E-state index in [9.17, 15) is 0 Å². The van der Waals surface area contributed by atoms with Gasteiger partial charge in [0.05, 0.1) is 26.7 Å². The molecule has 0 aromatic carbocycles. The first-order valence-electron chi connectivity index (χ1n) is 5.41. The molecular formula is C12H13BrClN3S. The molecule has 0 amide bonds. The number of anilines is 2. The molecule has 2 aromatic rings. The number of rotatable bonds is 3. The minimum absolute atomic E-state index is 0.148. The molecule has 96 valence electrons.